The van der Waals surface area contributed by atoms with Crippen molar-refractivity contribution >= 4 is 5.91 Å². The van der Waals surface area contributed by atoms with E-state index in [-0.39, 0.29) is 11.3 Å². The summed E-state index contributed by atoms with van der Waals surface area (Å²) < 4.78 is 0. The maximum Gasteiger partial charge on any atom is 0.220 e. The maximum atomic E-state index is 11.6. The first-order valence-corrected chi connectivity index (χ1v) is 5.98. The van der Waals surface area contributed by atoms with E-state index in [0.29, 0.717) is 13.0 Å². The average Bonchev–Trinajstić information content (AvgIpc) is 2.30. The molecule has 0 bridgehead atoms. The number of benzene rings is 1. The van der Waals surface area contributed by atoms with Crippen LogP contribution in [-0.4, -0.2) is 12.5 Å². The normalized spacial score (nSPS) is 10.9. The van der Waals surface area contributed by atoms with Crippen LogP contribution >= 0.6 is 0 Å². The highest BCUT2D eigenvalue weighted by Gasteiger charge is 2.17. The third-order valence-corrected chi connectivity index (χ3v) is 2.75. The Labute approximate surface area is 104 Å². The van der Waals surface area contributed by atoms with Gasteiger partial charge in [-0.05, 0) is 17.4 Å². The Morgan fingerprint density at radius 3 is 2.59 bits per heavy atom. The minimum atomic E-state index is -0.128. The van der Waals surface area contributed by atoms with Gasteiger partial charge in [-0.3, -0.25) is 4.79 Å². The van der Waals surface area contributed by atoms with Crippen LogP contribution in [0.2, 0.25) is 0 Å². The fourth-order valence-electron chi connectivity index (χ4n) is 1.54. The first kappa shape index (κ1) is 13.5. The minimum Gasteiger partial charge on any atom is -0.356 e. The van der Waals surface area contributed by atoms with Crippen LogP contribution in [0.25, 0.3) is 0 Å². The topological polar surface area (TPSA) is 29.1 Å². The molecule has 0 saturated heterocycles. The number of amides is 1. The van der Waals surface area contributed by atoms with Crippen molar-refractivity contribution in [1.29, 1.82) is 0 Å². The highest BCUT2D eigenvalue weighted by atomic mass is 16.1. The highest BCUT2D eigenvalue weighted by Crippen LogP contribution is 2.20. The number of carbonyl (C=O) groups excluding carboxylic acids is 1. The Kier molecular flexibility index (Phi) is 4.95. The summed E-state index contributed by atoms with van der Waals surface area (Å²) in [5.41, 5.74) is 1.12. The maximum absolute atomic E-state index is 11.6. The lowest BCUT2D eigenvalue weighted by Crippen LogP contribution is -2.29. The molecule has 0 aliphatic heterocycles. The Balaban J connectivity index is 2.28. The molecule has 2 nitrogen and oxygen atoms in total. The number of allylic oxidation sites excluding steroid dienone is 1. The van der Waals surface area contributed by atoms with Crippen molar-refractivity contribution in [2.24, 2.45) is 5.41 Å². The summed E-state index contributed by atoms with van der Waals surface area (Å²) in [5.74, 6) is 0.0887. The van der Waals surface area contributed by atoms with Crippen LogP contribution in [0.1, 0.15) is 25.8 Å². The van der Waals surface area contributed by atoms with E-state index in [1.807, 2.05) is 38.1 Å². The zero-order chi connectivity index (χ0) is 12.7. The molecule has 2 heteroatoms. The fourth-order valence-corrected chi connectivity index (χ4v) is 1.54. The molecule has 17 heavy (non-hydrogen) atoms. The lowest BCUT2D eigenvalue weighted by molar-refractivity contribution is -0.122. The standard InChI is InChI=1S/C15H21NO/c1-4-15(2,3)12-14(17)16-11-10-13-8-6-5-7-9-13/h4-9H,1,10-12H2,2-3H3,(H,16,17). The zero-order valence-electron chi connectivity index (χ0n) is 10.7. The van der Waals surface area contributed by atoms with Crippen LogP contribution in [0.5, 0.6) is 0 Å². The van der Waals surface area contributed by atoms with Crippen molar-refractivity contribution < 1.29 is 4.79 Å². The molecule has 92 valence electrons. The summed E-state index contributed by atoms with van der Waals surface area (Å²) >= 11 is 0. The summed E-state index contributed by atoms with van der Waals surface area (Å²) in [6, 6.07) is 10.2. The van der Waals surface area contributed by atoms with Gasteiger partial charge in [0.25, 0.3) is 0 Å². The van der Waals surface area contributed by atoms with Gasteiger partial charge in [-0.2, -0.15) is 0 Å². The first-order valence-electron chi connectivity index (χ1n) is 5.98. The molecule has 1 aromatic carbocycles. The highest BCUT2D eigenvalue weighted by molar-refractivity contribution is 5.76. The summed E-state index contributed by atoms with van der Waals surface area (Å²) in [4.78, 5) is 11.6. The largest absolute Gasteiger partial charge is 0.356 e. The number of hydrogen-bond acceptors (Lipinski definition) is 1. The lowest BCUT2D eigenvalue weighted by Gasteiger charge is -2.18. The minimum absolute atomic E-state index is 0.0887. The molecule has 0 radical (unpaired) electrons. The Morgan fingerprint density at radius 1 is 1.35 bits per heavy atom. The monoisotopic (exact) mass is 231 g/mol. The van der Waals surface area contributed by atoms with Gasteiger partial charge in [-0.15, -0.1) is 6.58 Å². The first-order chi connectivity index (χ1) is 8.03. The van der Waals surface area contributed by atoms with Crippen LogP contribution in [0.3, 0.4) is 0 Å². The molecule has 1 aromatic rings. The number of hydrogen-bond donors (Lipinski definition) is 1. The van der Waals surface area contributed by atoms with E-state index in [9.17, 15) is 4.79 Å². The van der Waals surface area contributed by atoms with Gasteiger partial charge in [0, 0.05) is 13.0 Å². The molecule has 1 N–H and O–H groups in total. The van der Waals surface area contributed by atoms with Gasteiger partial charge in [-0.25, -0.2) is 0 Å². The predicted octanol–water partition coefficient (Wildman–Crippen LogP) is 2.95. The smallest absolute Gasteiger partial charge is 0.220 e. The van der Waals surface area contributed by atoms with Crippen LogP contribution in [-0.2, 0) is 11.2 Å². The van der Waals surface area contributed by atoms with Crippen LogP contribution in [0, 0.1) is 5.41 Å². The SMILES string of the molecule is C=CC(C)(C)CC(=O)NCCc1ccccc1. The van der Waals surface area contributed by atoms with Crippen molar-refractivity contribution in [3.05, 3.63) is 48.6 Å². The van der Waals surface area contributed by atoms with E-state index in [2.05, 4.69) is 24.0 Å². The molecule has 0 aliphatic rings. The third kappa shape index (κ3) is 5.34. The molecular formula is C15H21NO. The van der Waals surface area contributed by atoms with Gasteiger partial charge in [0.05, 0.1) is 0 Å². The predicted molar refractivity (Wildman–Crippen MR) is 71.8 cm³/mol. The Morgan fingerprint density at radius 2 is 2.00 bits per heavy atom. The Hall–Kier alpha value is -1.57. The van der Waals surface area contributed by atoms with Gasteiger partial charge < -0.3 is 5.32 Å². The van der Waals surface area contributed by atoms with Crippen molar-refractivity contribution in [3.63, 3.8) is 0 Å². The quantitative estimate of drug-likeness (QED) is 0.749. The van der Waals surface area contributed by atoms with E-state index in [1.165, 1.54) is 5.56 Å². The third-order valence-electron chi connectivity index (χ3n) is 2.75. The summed E-state index contributed by atoms with van der Waals surface area (Å²) in [7, 11) is 0. The summed E-state index contributed by atoms with van der Waals surface area (Å²) in [6.07, 6.45) is 3.19. The zero-order valence-corrected chi connectivity index (χ0v) is 10.7. The van der Waals surface area contributed by atoms with Gasteiger partial charge >= 0.3 is 0 Å². The second kappa shape index (κ2) is 6.24. The summed E-state index contributed by atoms with van der Waals surface area (Å²) in [6.45, 7) is 8.45. The van der Waals surface area contributed by atoms with Crippen LogP contribution in [0.4, 0.5) is 0 Å². The molecular weight excluding hydrogens is 210 g/mol. The van der Waals surface area contributed by atoms with E-state index in [0.717, 1.165) is 6.42 Å². The van der Waals surface area contributed by atoms with E-state index in [4.69, 9.17) is 0 Å². The van der Waals surface area contributed by atoms with Crippen molar-refractivity contribution in [1.82, 2.24) is 5.32 Å². The Bertz CT molecular complexity index is 368. The molecule has 0 fully saturated rings. The molecule has 1 amide bonds. The van der Waals surface area contributed by atoms with Crippen molar-refractivity contribution in [3.8, 4) is 0 Å². The molecule has 1 rings (SSSR count). The van der Waals surface area contributed by atoms with Gasteiger partial charge in [-0.1, -0.05) is 50.3 Å². The van der Waals surface area contributed by atoms with Gasteiger partial charge in [0.2, 0.25) is 5.91 Å². The summed E-state index contributed by atoms with van der Waals surface area (Å²) in [5, 5.41) is 2.93. The number of nitrogens with one attached hydrogen (secondary N) is 1. The van der Waals surface area contributed by atoms with Crippen LogP contribution < -0.4 is 5.32 Å². The second-order valence-electron chi connectivity index (χ2n) is 4.96. The van der Waals surface area contributed by atoms with E-state index in [1.54, 1.807) is 0 Å². The molecule has 0 spiro atoms. The fraction of sp³-hybridized carbons (Fsp3) is 0.400. The molecule has 0 aromatic heterocycles. The molecule has 0 heterocycles. The molecule has 0 unspecified atom stereocenters. The van der Waals surface area contributed by atoms with Crippen LogP contribution in [0.15, 0.2) is 43.0 Å². The second-order valence-corrected chi connectivity index (χ2v) is 4.96. The molecule has 0 aliphatic carbocycles. The average molecular weight is 231 g/mol. The van der Waals surface area contributed by atoms with Gasteiger partial charge in [0.15, 0.2) is 0 Å². The number of carbonyl (C=O) groups is 1. The molecule has 0 atom stereocenters. The van der Waals surface area contributed by atoms with Gasteiger partial charge in [0.1, 0.15) is 0 Å². The molecule has 0 saturated carbocycles. The van der Waals surface area contributed by atoms with Crippen molar-refractivity contribution in [2.75, 3.05) is 6.54 Å². The van der Waals surface area contributed by atoms with Crippen molar-refractivity contribution in [2.45, 2.75) is 26.7 Å². The lowest BCUT2D eigenvalue weighted by atomic mass is 9.89. The number of rotatable bonds is 6. The van der Waals surface area contributed by atoms with E-state index < -0.39 is 0 Å². The van der Waals surface area contributed by atoms with E-state index >= 15 is 0 Å².